The lowest BCUT2D eigenvalue weighted by atomic mass is 10.1. The minimum atomic E-state index is -0.323. The highest BCUT2D eigenvalue weighted by molar-refractivity contribution is 6.30. The fourth-order valence-electron chi connectivity index (χ4n) is 4.45. The first kappa shape index (κ1) is 23.5. The van der Waals surface area contributed by atoms with Crippen LogP contribution in [0.1, 0.15) is 47.1 Å². The number of likely N-dealkylation sites (tertiary alicyclic amines) is 1. The molecule has 1 aliphatic heterocycles. The maximum Gasteiger partial charge on any atom is 0.257 e. The van der Waals surface area contributed by atoms with E-state index in [-0.39, 0.29) is 23.5 Å². The van der Waals surface area contributed by atoms with Gasteiger partial charge in [-0.1, -0.05) is 30.7 Å². The quantitative estimate of drug-likeness (QED) is 0.642. The van der Waals surface area contributed by atoms with Crippen LogP contribution in [0.3, 0.4) is 0 Å². The zero-order valence-electron chi connectivity index (χ0n) is 18.6. The summed E-state index contributed by atoms with van der Waals surface area (Å²) in [5.41, 5.74) is 2.44. The summed E-state index contributed by atoms with van der Waals surface area (Å²) in [5, 5.41) is 3.70. The molecule has 3 rings (SSSR count). The van der Waals surface area contributed by atoms with Gasteiger partial charge in [-0.25, -0.2) is 0 Å². The average molecular weight is 446 g/mol. The second kappa shape index (κ2) is 10.9. The van der Waals surface area contributed by atoms with Crippen molar-refractivity contribution in [2.75, 3.05) is 26.7 Å². The zero-order chi connectivity index (χ0) is 22.4. The van der Waals surface area contributed by atoms with Crippen LogP contribution >= 0.6 is 11.6 Å². The Morgan fingerprint density at radius 2 is 2.13 bits per heavy atom. The molecule has 1 atom stereocenters. The van der Waals surface area contributed by atoms with E-state index in [1.165, 1.54) is 0 Å². The number of methoxy groups -OCH3 is 1. The van der Waals surface area contributed by atoms with Crippen molar-refractivity contribution in [3.8, 4) is 0 Å². The van der Waals surface area contributed by atoms with Gasteiger partial charge in [-0.3, -0.25) is 14.5 Å². The Kier molecular flexibility index (Phi) is 8.29. The predicted octanol–water partition coefficient (Wildman–Crippen LogP) is 3.41. The maximum atomic E-state index is 13.1. The van der Waals surface area contributed by atoms with E-state index < -0.39 is 0 Å². The predicted molar refractivity (Wildman–Crippen MR) is 124 cm³/mol. The summed E-state index contributed by atoms with van der Waals surface area (Å²) in [6, 6.07) is 9.60. The molecule has 1 saturated heterocycles. The number of nitrogens with zero attached hydrogens (tertiary/aromatic N) is 2. The monoisotopic (exact) mass is 445 g/mol. The van der Waals surface area contributed by atoms with E-state index in [0.717, 1.165) is 43.6 Å². The fourth-order valence-corrected chi connectivity index (χ4v) is 4.66. The van der Waals surface area contributed by atoms with Gasteiger partial charge in [0.2, 0.25) is 0 Å². The number of carbonyl (C=O) groups excluding carboxylic acids is 1. The largest absolute Gasteiger partial charge is 0.378 e. The van der Waals surface area contributed by atoms with E-state index >= 15 is 0 Å². The number of aryl methyl sites for hydroxylation is 2. The highest BCUT2D eigenvalue weighted by atomic mass is 35.5. The second-order valence-electron chi connectivity index (χ2n) is 8.07. The molecule has 2 heterocycles. The van der Waals surface area contributed by atoms with E-state index in [0.29, 0.717) is 29.8 Å². The van der Waals surface area contributed by atoms with E-state index in [1.54, 1.807) is 13.2 Å². The van der Waals surface area contributed by atoms with Crippen molar-refractivity contribution in [2.45, 2.75) is 52.3 Å². The number of benzene rings is 1. The lowest BCUT2D eigenvalue weighted by molar-refractivity contribution is 0.0932. The standard InChI is InChI=1S/C24H32ClN3O3/c1-4-27-11-6-9-20(27)15-26-24(30)23-21(16-31-3)28(17(2)13-22(23)29)12-10-18-7-5-8-19(25)14-18/h5,7-8,13-14,20H,4,6,9-12,15-16H2,1-3H3,(H,26,30)/t20-/m0/s1. The smallest absolute Gasteiger partial charge is 0.257 e. The summed E-state index contributed by atoms with van der Waals surface area (Å²) < 4.78 is 7.39. The van der Waals surface area contributed by atoms with Crippen molar-refractivity contribution in [3.05, 3.63) is 68.1 Å². The molecule has 1 aliphatic rings. The molecule has 7 heteroatoms. The summed E-state index contributed by atoms with van der Waals surface area (Å²) in [4.78, 5) is 28.3. The molecule has 6 nitrogen and oxygen atoms in total. The number of hydrogen-bond acceptors (Lipinski definition) is 4. The number of halogens is 1. The van der Waals surface area contributed by atoms with Crippen LogP contribution in [0.2, 0.25) is 5.02 Å². The number of nitrogens with one attached hydrogen (secondary N) is 1. The number of likely N-dealkylation sites (N-methyl/N-ethyl adjacent to an activating group) is 1. The normalized spacial score (nSPS) is 16.6. The van der Waals surface area contributed by atoms with Gasteiger partial charge < -0.3 is 14.6 Å². The molecule has 2 aromatic rings. The molecule has 0 bridgehead atoms. The number of hydrogen-bond donors (Lipinski definition) is 1. The zero-order valence-corrected chi connectivity index (χ0v) is 19.4. The van der Waals surface area contributed by atoms with Crippen LogP contribution in [0.4, 0.5) is 0 Å². The highest BCUT2D eigenvalue weighted by Gasteiger charge is 2.25. The maximum absolute atomic E-state index is 13.1. The van der Waals surface area contributed by atoms with Gasteiger partial charge in [-0.15, -0.1) is 0 Å². The van der Waals surface area contributed by atoms with Crippen molar-refractivity contribution in [1.82, 2.24) is 14.8 Å². The van der Waals surface area contributed by atoms with E-state index in [1.807, 2.05) is 35.8 Å². The van der Waals surface area contributed by atoms with Crippen LogP contribution in [0.5, 0.6) is 0 Å². The van der Waals surface area contributed by atoms with Gasteiger partial charge in [-0.2, -0.15) is 0 Å². The molecule has 0 unspecified atom stereocenters. The number of rotatable bonds is 9. The van der Waals surface area contributed by atoms with Crippen molar-refractivity contribution in [3.63, 3.8) is 0 Å². The lowest BCUT2D eigenvalue weighted by Gasteiger charge is -2.24. The molecular weight excluding hydrogens is 414 g/mol. The Labute approximate surface area is 189 Å². The van der Waals surface area contributed by atoms with Crippen LogP contribution in [-0.2, 0) is 24.3 Å². The third-order valence-electron chi connectivity index (χ3n) is 6.05. The summed E-state index contributed by atoms with van der Waals surface area (Å²) in [6.45, 7) is 7.42. The molecule has 1 aromatic carbocycles. The van der Waals surface area contributed by atoms with Crippen LogP contribution in [-0.4, -0.2) is 48.2 Å². The number of aromatic nitrogens is 1. The molecule has 31 heavy (non-hydrogen) atoms. The summed E-state index contributed by atoms with van der Waals surface area (Å²) in [5.74, 6) is -0.323. The van der Waals surface area contributed by atoms with Crippen molar-refractivity contribution in [2.24, 2.45) is 0 Å². The molecular formula is C24H32ClN3O3. The Bertz CT molecular complexity index is 973. The summed E-state index contributed by atoms with van der Waals surface area (Å²) in [6.07, 6.45) is 2.94. The van der Waals surface area contributed by atoms with Gasteiger partial charge in [0.1, 0.15) is 5.56 Å². The Hall–Kier alpha value is -2.15. The third kappa shape index (κ3) is 5.76. The molecule has 1 fully saturated rings. The first-order chi connectivity index (χ1) is 14.9. The molecule has 1 N–H and O–H groups in total. The summed E-state index contributed by atoms with van der Waals surface area (Å²) >= 11 is 6.11. The van der Waals surface area contributed by atoms with Gasteiger partial charge in [-0.05, 0) is 57.0 Å². The van der Waals surface area contributed by atoms with Gasteiger partial charge >= 0.3 is 0 Å². The second-order valence-corrected chi connectivity index (χ2v) is 8.51. The molecule has 168 valence electrons. The first-order valence-corrected chi connectivity index (χ1v) is 11.3. The molecule has 0 radical (unpaired) electrons. The average Bonchev–Trinajstić information content (AvgIpc) is 3.19. The van der Waals surface area contributed by atoms with Crippen LogP contribution in [0.25, 0.3) is 0 Å². The lowest BCUT2D eigenvalue weighted by Crippen LogP contribution is -2.42. The molecule has 0 saturated carbocycles. The molecule has 0 aliphatic carbocycles. The molecule has 1 amide bonds. The minimum Gasteiger partial charge on any atom is -0.378 e. The molecule has 1 aromatic heterocycles. The van der Waals surface area contributed by atoms with Gasteiger partial charge in [0.05, 0.1) is 12.3 Å². The third-order valence-corrected chi connectivity index (χ3v) is 6.29. The van der Waals surface area contributed by atoms with Crippen LogP contribution < -0.4 is 10.7 Å². The van der Waals surface area contributed by atoms with Gasteiger partial charge in [0, 0.05) is 43.0 Å². The fraction of sp³-hybridized carbons (Fsp3) is 0.500. The van der Waals surface area contributed by atoms with E-state index in [9.17, 15) is 9.59 Å². The number of carbonyl (C=O) groups is 1. The van der Waals surface area contributed by atoms with Crippen molar-refractivity contribution in [1.29, 1.82) is 0 Å². The number of pyridine rings is 1. The molecule has 0 spiro atoms. The van der Waals surface area contributed by atoms with Crippen LogP contribution in [0.15, 0.2) is 35.1 Å². The van der Waals surface area contributed by atoms with Gasteiger partial charge in [0.15, 0.2) is 5.43 Å². The topological polar surface area (TPSA) is 63.6 Å². The Morgan fingerprint density at radius 3 is 2.84 bits per heavy atom. The Morgan fingerprint density at radius 1 is 1.32 bits per heavy atom. The number of amides is 1. The van der Waals surface area contributed by atoms with Crippen molar-refractivity contribution >= 4 is 17.5 Å². The van der Waals surface area contributed by atoms with E-state index in [2.05, 4.69) is 17.1 Å². The van der Waals surface area contributed by atoms with E-state index in [4.69, 9.17) is 16.3 Å². The Balaban J connectivity index is 1.84. The number of ether oxygens (including phenoxy) is 1. The van der Waals surface area contributed by atoms with Gasteiger partial charge in [0.25, 0.3) is 5.91 Å². The first-order valence-electron chi connectivity index (χ1n) is 10.9. The minimum absolute atomic E-state index is 0.180. The van der Waals surface area contributed by atoms with Crippen LogP contribution in [0, 0.1) is 6.92 Å². The van der Waals surface area contributed by atoms with Crippen molar-refractivity contribution < 1.29 is 9.53 Å². The SMILES string of the molecule is CCN1CCC[C@H]1CNC(=O)c1c(COC)n(CCc2cccc(Cl)c2)c(C)cc1=O. The highest BCUT2D eigenvalue weighted by Crippen LogP contribution is 2.17. The summed E-state index contributed by atoms with van der Waals surface area (Å²) in [7, 11) is 1.58.